The molecule has 0 radical (unpaired) electrons. The molecule has 2 rings (SSSR count). The Labute approximate surface area is 124 Å². The average molecular weight is 304 g/mol. The Morgan fingerprint density at radius 1 is 1.42 bits per heavy atom. The fourth-order valence-corrected chi connectivity index (χ4v) is 2.63. The Morgan fingerprint density at radius 2 is 2.26 bits per heavy atom. The predicted molar refractivity (Wildman–Crippen MR) is 78.3 cm³/mol. The van der Waals surface area contributed by atoms with E-state index in [1.165, 1.54) is 0 Å². The van der Waals surface area contributed by atoms with Crippen LogP contribution in [0.5, 0.6) is 5.75 Å². The van der Waals surface area contributed by atoms with E-state index in [0.29, 0.717) is 23.2 Å². The van der Waals surface area contributed by atoms with Gasteiger partial charge in [0.2, 0.25) is 0 Å². The molecule has 1 aliphatic heterocycles. The summed E-state index contributed by atoms with van der Waals surface area (Å²) in [4.78, 5) is 0. The zero-order valence-corrected chi connectivity index (χ0v) is 12.6. The third-order valence-electron chi connectivity index (χ3n) is 3.00. The minimum atomic E-state index is 0.0867. The standard InChI is InChI=1S/C14H19Cl2NO2/c1-2-4-17-8-10-6-11(15)7-13(16)14(10)19-12-3-5-18-9-12/h6-7,12,17H,2-5,8-9H2,1H3. The smallest absolute Gasteiger partial charge is 0.143 e. The minimum absolute atomic E-state index is 0.0867. The summed E-state index contributed by atoms with van der Waals surface area (Å²) in [5.41, 5.74) is 0.998. The van der Waals surface area contributed by atoms with Gasteiger partial charge in [0.25, 0.3) is 0 Å². The lowest BCUT2D eigenvalue weighted by atomic mass is 10.2. The quantitative estimate of drug-likeness (QED) is 0.814. The molecule has 0 bridgehead atoms. The van der Waals surface area contributed by atoms with Crippen molar-refractivity contribution < 1.29 is 9.47 Å². The molecule has 1 aromatic carbocycles. The molecule has 0 spiro atoms. The highest BCUT2D eigenvalue weighted by Gasteiger charge is 2.20. The van der Waals surface area contributed by atoms with Crippen LogP contribution in [0.2, 0.25) is 10.0 Å². The second-order valence-electron chi connectivity index (χ2n) is 4.66. The highest BCUT2D eigenvalue weighted by atomic mass is 35.5. The van der Waals surface area contributed by atoms with E-state index in [-0.39, 0.29) is 6.10 Å². The summed E-state index contributed by atoms with van der Waals surface area (Å²) >= 11 is 12.3. The summed E-state index contributed by atoms with van der Waals surface area (Å²) < 4.78 is 11.3. The van der Waals surface area contributed by atoms with Crippen LogP contribution < -0.4 is 10.1 Å². The SMILES string of the molecule is CCCNCc1cc(Cl)cc(Cl)c1OC1CCOC1. The van der Waals surface area contributed by atoms with Gasteiger partial charge in [0.15, 0.2) is 0 Å². The molecule has 0 amide bonds. The first kappa shape index (κ1) is 14.9. The van der Waals surface area contributed by atoms with Gasteiger partial charge in [-0.05, 0) is 25.1 Å². The van der Waals surface area contributed by atoms with Gasteiger partial charge < -0.3 is 14.8 Å². The maximum Gasteiger partial charge on any atom is 0.143 e. The van der Waals surface area contributed by atoms with Gasteiger partial charge >= 0.3 is 0 Å². The van der Waals surface area contributed by atoms with Crippen LogP contribution >= 0.6 is 23.2 Å². The molecule has 1 atom stereocenters. The van der Waals surface area contributed by atoms with E-state index in [1.807, 2.05) is 6.07 Å². The lowest BCUT2D eigenvalue weighted by molar-refractivity contribution is 0.140. The Morgan fingerprint density at radius 3 is 2.95 bits per heavy atom. The van der Waals surface area contributed by atoms with E-state index >= 15 is 0 Å². The molecule has 1 fully saturated rings. The van der Waals surface area contributed by atoms with Crippen LogP contribution in [-0.2, 0) is 11.3 Å². The van der Waals surface area contributed by atoms with E-state index in [4.69, 9.17) is 32.7 Å². The van der Waals surface area contributed by atoms with Crippen molar-refractivity contribution in [2.75, 3.05) is 19.8 Å². The first-order valence-electron chi connectivity index (χ1n) is 6.63. The van der Waals surface area contributed by atoms with E-state index in [1.54, 1.807) is 6.07 Å². The van der Waals surface area contributed by atoms with Crippen molar-refractivity contribution in [1.29, 1.82) is 0 Å². The van der Waals surface area contributed by atoms with Crippen LogP contribution in [0, 0.1) is 0 Å². The Hall–Kier alpha value is -0.480. The summed E-state index contributed by atoms with van der Waals surface area (Å²) in [6.45, 7) is 5.17. The molecule has 0 aliphatic carbocycles. The van der Waals surface area contributed by atoms with Gasteiger partial charge in [-0.2, -0.15) is 0 Å². The average Bonchev–Trinajstić information content (AvgIpc) is 2.86. The lowest BCUT2D eigenvalue weighted by Crippen LogP contribution is -2.19. The number of rotatable bonds is 6. The number of halogens is 2. The second-order valence-corrected chi connectivity index (χ2v) is 5.50. The van der Waals surface area contributed by atoms with E-state index < -0.39 is 0 Å². The third kappa shape index (κ3) is 4.25. The molecule has 106 valence electrons. The summed E-state index contributed by atoms with van der Waals surface area (Å²) in [6, 6.07) is 3.62. The molecule has 0 saturated carbocycles. The summed E-state index contributed by atoms with van der Waals surface area (Å²) in [5.74, 6) is 0.727. The fraction of sp³-hybridized carbons (Fsp3) is 0.571. The first-order chi connectivity index (χ1) is 9.20. The maximum atomic E-state index is 6.25. The predicted octanol–water partition coefficient (Wildman–Crippen LogP) is 3.66. The Kier molecular flexibility index (Phi) is 5.76. The molecule has 3 nitrogen and oxygen atoms in total. The van der Waals surface area contributed by atoms with Crippen LogP contribution in [0.4, 0.5) is 0 Å². The molecule has 1 aliphatic rings. The molecule has 5 heteroatoms. The molecule has 1 N–H and O–H groups in total. The number of benzene rings is 1. The second kappa shape index (κ2) is 7.34. The number of hydrogen-bond acceptors (Lipinski definition) is 3. The van der Waals surface area contributed by atoms with Crippen molar-refractivity contribution in [3.8, 4) is 5.75 Å². The zero-order valence-electron chi connectivity index (χ0n) is 11.0. The lowest BCUT2D eigenvalue weighted by Gasteiger charge is -2.18. The van der Waals surface area contributed by atoms with Gasteiger partial charge in [-0.3, -0.25) is 0 Å². The molecule has 0 aromatic heterocycles. The van der Waals surface area contributed by atoms with Crippen molar-refractivity contribution in [3.05, 3.63) is 27.7 Å². The van der Waals surface area contributed by atoms with Crippen LogP contribution in [0.25, 0.3) is 0 Å². The maximum absolute atomic E-state index is 6.25. The van der Waals surface area contributed by atoms with Crippen molar-refractivity contribution in [3.63, 3.8) is 0 Å². The number of nitrogens with one attached hydrogen (secondary N) is 1. The molecule has 1 heterocycles. The van der Waals surface area contributed by atoms with Gasteiger partial charge in [-0.25, -0.2) is 0 Å². The summed E-state index contributed by atoms with van der Waals surface area (Å²) in [7, 11) is 0. The summed E-state index contributed by atoms with van der Waals surface area (Å²) in [6.07, 6.45) is 2.07. The van der Waals surface area contributed by atoms with E-state index in [9.17, 15) is 0 Å². The van der Waals surface area contributed by atoms with Crippen LogP contribution in [-0.4, -0.2) is 25.9 Å². The van der Waals surface area contributed by atoms with Crippen LogP contribution in [0.15, 0.2) is 12.1 Å². The highest BCUT2D eigenvalue weighted by molar-refractivity contribution is 6.35. The van der Waals surface area contributed by atoms with Gasteiger partial charge in [-0.1, -0.05) is 30.1 Å². The van der Waals surface area contributed by atoms with E-state index in [0.717, 1.165) is 37.3 Å². The van der Waals surface area contributed by atoms with Gasteiger partial charge in [-0.15, -0.1) is 0 Å². The Balaban J connectivity index is 2.13. The molecule has 1 unspecified atom stereocenters. The largest absolute Gasteiger partial charge is 0.486 e. The van der Waals surface area contributed by atoms with Crippen molar-refractivity contribution in [1.82, 2.24) is 5.32 Å². The zero-order chi connectivity index (χ0) is 13.7. The molecule has 1 saturated heterocycles. The first-order valence-corrected chi connectivity index (χ1v) is 7.39. The fourth-order valence-electron chi connectivity index (χ4n) is 2.05. The third-order valence-corrected chi connectivity index (χ3v) is 3.50. The van der Waals surface area contributed by atoms with Gasteiger partial charge in [0.05, 0.1) is 18.2 Å². The van der Waals surface area contributed by atoms with Crippen LogP contribution in [0.3, 0.4) is 0 Å². The van der Waals surface area contributed by atoms with Gasteiger partial charge in [0, 0.05) is 23.6 Å². The van der Waals surface area contributed by atoms with E-state index in [2.05, 4.69) is 12.2 Å². The highest BCUT2D eigenvalue weighted by Crippen LogP contribution is 2.34. The number of hydrogen-bond donors (Lipinski definition) is 1. The monoisotopic (exact) mass is 303 g/mol. The van der Waals surface area contributed by atoms with Crippen molar-refractivity contribution in [2.45, 2.75) is 32.4 Å². The minimum Gasteiger partial charge on any atom is -0.486 e. The summed E-state index contributed by atoms with van der Waals surface area (Å²) in [5, 5.41) is 4.54. The molecular weight excluding hydrogens is 285 g/mol. The van der Waals surface area contributed by atoms with Gasteiger partial charge in [0.1, 0.15) is 11.9 Å². The number of ether oxygens (including phenoxy) is 2. The molecule has 1 aromatic rings. The van der Waals surface area contributed by atoms with Crippen LogP contribution in [0.1, 0.15) is 25.3 Å². The molecule has 19 heavy (non-hydrogen) atoms. The van der Waals surface area contributed by atoms with Crippen molar-refractivity contribution in [2.24, 2.45) is 0 Å². The van der Waals surface area contributed by atoms with Crippen molar-refractivity contribution >= 4 is 23.2 Å². The topological polar surface area (TPSA) is 30.5 Å². The molecular formula is C14H19Cl2NO2. The normalized spacial score (nSPS) is 18.8. The Bertz CT molecular complexity index is 420.